The molecule has 1 saturated carbocycles. The van der Waals surface area contributed by atoms with Crippen LogP contribution in [0.3, 0.4) is 0 Å². The highest BCUT2D eigenvalue weighted by atomic mass is 16.3. The molecule has 0 spiro atoms. The Morgan fingerprint density at radius 1 is 1.25 bits per heavy atom. The number of hydrogen-bond donors (Lipinski definition) is 2. The van der Waals surface area contributed by atoms with E-state index < -0.39 is 5.60 Å². The van der Waals surface area contributed by atoms with Gasteiger partial charge in [0.1, 0.15) is 0 Å². The van der Waals surface area contributed by atoms with Crippen molar-refractivity contribution in [3.05, 3.63) is 35.4 Å². The van der Waals surface area contributed by atoms with Gasteiger partial charge in [0.05, 0.1) is 5.60 Å². The Morgan fingerprint density at radius 3 is 2.40 bits per heavy atom. The van der Waals surface area contributed by atoms with Gasteiger partial charge in [0.25, 0.3) is 0 Å². The maximum absolute atomic E-state index is 10.7. The van der Waals surface area contributed by atoms with E-state index in [-0.39, 0.29) is 0 Å². The van der Waals surface area contributed by atoms with Crippen molar-refractivity contribution in [2.75, 3.05) is 6.54 Å². The normalized spacial score (nSPS) is 28.3. The van der Waals surface area contributed by atoms with E-state index in [0.717, 1.165) is 18.8 Å². The Labute approximate surface area is 123 Å². The lowest BCUT2D eigenvalue weighted by Crippen LogP contribution is -2.44. The second kappa shape index (κ2) is 6.73. The summed E-state index contributed by atoms with van der Waals surface area (Å²) in [6.07, 6.45) is 5.49. The van der Waals surface area contributed by atoms with Crippen LogP contribution in [-0.4, -0.2) is 17.3 Å². The summed E-state index contributed by atoms with van der Waals surface area (Å²) in [6.45, 7) is 7.24. The lowest BCUT2D eigenvalue weighted by molar-refractivity contribution is -0.0103. The zero-order chi connectivity index (χ0) is 14.6. The smallest absolute Gasteiger partial charge is 0.0772 e. The summed E-state index contributed by atoms with van der Waals surface area (Å²) in [5.74, 6) is 0.824. The minimum Gasteiger partial charge on any atom is -0.389 e. The average Bonchev–Trinajstić information content (AvgIpc) is 2.46. The van der Waals surface area contributed by atoms with Crippen molar-refractivity contribution in [3.63, 3.8) is 0 Å². The molecule has 1 aromatic carbocycles. The van der Waals surface area contributed by atoms with Crippen molar-refractivity contribution in [1.82, 2.24) is 5.32 Å². The van der Waals surface area contributed by atoms with Gasteiger partial charge in [-0.1, -0.05) is 43.2 Å². The summed E-state index contributed by atoms with van der Waals surface area (Å²) in [4.78, 5) is 0. The standard InChI is InChI=1S/C18H29NO/c1-4-16-9-11-18(20,12-10-16)13-19-15(3)17-7-5-14(2)6-8-17/h5-8,15-16,19-20H,4,9-13H2,1-3H3. The highest BCUT2D eigenvalue weighted by molar-refractivity contribution is 5.23. The fraction of sp³-hybridized carbons (Fsp3) is 0.667. The zero-order valence-electron chi connectivity index (χ0n) is 13.2. The molecule has 112 valence electrons. The number of nitrogens with one attached hydrogen (secondary N) is 1. The molecule has 0 bridgehead atoms. The van der Waals surface area contributed by atoms with Crippen LogP contribution >= 0.6 is 0 Å². The first-order valence-electron chi connectivity index (χ1n) is 8.05. The molecule has 0 aliphatic heterocycles. The first-order valence-corrected chi connectivity index (χ1v) is 8.05. The largest absolute Gasteiger partial charge is 0.389 e. The van der Waals surface area contributed by atoms with Gasteiger partial charge in [0.15, 0.2) is 0 Å². The lowest BCUT2D eigenvalue weighted by Gasteiger charge is -2.36. The number of aryl methyl sites for hydroxylation is 1. The summed E-state index contributed by atoms with van der Waals surface area (Å²) >= 11 is 0. The van der Waals surface area contributed by atoms with Crippen LogP contribution < -0.4 is 5.32 Å². The van der Waals surface area contributed by atoms with Crippen LogP contribution in [0.25, 0.3) is 0 Å². The Kier molecular flexibility index (Phi) is 5.22. The Morgan fingerprint density at radius 2 is 1.85 bits per heavy atom. The molecule has 0 saturated heterocycles. The van der Waals surface area contributed by atoms with Crippen LogP contribution in [-0.2, 0) is 0 Å². The topological polar surface area (TPSA) is 32.3 Å². The van der Waals surface area contributed by atoms with Crippen molar-refractivity contribution in [2.45, 2.75) is 64.5 Å². The molecule has 0 amide bonds. The second-order valence-electron chi connectivity index (χ2n) is 6.59. The molecule has 1 atom stereocenters. The van der Waals surface area contributed by atoms with E-state index >= 15 is 0 Å². The highest BCUT2D eigenvalue weighted by Gasteiger charge is 2.32. The van der Waals surface area contributed by atoms with Crippen LogP contribution in [0.1, 0.15) is 63.1 Å². The summed E-state index contributed by atoms with van der Waals surface area (Å²) in [5, 5.41) is 14.2. The molecule has 1 fully saturated rings. The molecular formula is C18H29NO. The first-order chi connectivity index (χ1) is 9.52. The summed E-state index contributed by atoms with van der Waals surface area (Å²) in [7, 11) is 0. The van der Waals surface area contributed by atoms with Gasteiger partial charge in [-0.15, -0.1) is 0 Å². The maximum atomic E-state index is 10.7. The predicted molar refractivity (Wildman–Crippen MR) is 84.8 cm³/mol. The minimum atomic E-state index is -0.495. The third-order valence-corrected chi connectivity index (χ3v) is 4.93. The summed E-state index contributed by atoms with van der Waals surface area (Å²) in [5.41, 5.74) is 2.09. The zero-order valence-corrected chi connectivity index (χ0v) is 13.2. The number of hydrogen-bond acceptors (Lipinski definition) is 2. The van der Waals surface area contributed by atoms with E-state index in [1.165, 1.54) is 30.4 Å². The van der Waals surface area contributed by atoms with Gasteiger partial charge in [0, 0.05) is 12.6 Å². The number of benzene rings is 1. The SMILES string of the molecule is CCC1CCC(O)(CNC(C)c2ccc(C)cc2)CC1. The molecule has 1 aromatic rings. The van der Waals surface area contributed by atoms with Crippen LogP contribution in [0.15, 0.2) is 24.3 Å². The monoisotopic (exact) mass is 275 g/mol. The second-order valence-corrected chi connectivity index (χ2v) is 6.59. The van der Waals surface area contributed by atoms with Gasteiger partial charge in [-0.2, -0.15) is 0 Å². The summed E-state index contributed by atoms with van der Waals surface area (Å²) in [6, 6.07) is 8.93. The van der Waals surface area contributed by atoms with E-state index in [4.69, 9.17) is 0 Å². The van der Waals surface area contributed by atoms with E-state index in [0.29, 0.717) is 12.6 Å². The molecule has 2 nitrogen and oxygen atoms in total. The van der Waals surface area contributed by atoms with Crippen LogP contribution in [0.2, 0.25) is 0 Å². The minimum absolute atomic E-state index is 0.295. The number of rotatable bonds is 5. The van der Waals surface area contributed by atoms with Crippen LogP contribution in [0, 0.1) is 12.8 Å². The lowest BCUT2D eigenvalue weighted by atomic mass is 9.77. The van der Waals surface area contributed by atoms with E-state index in [1.54, 1.807) is 0 Å². The molecule has 0 aromatic heterocycles. The average molecular weight is 275 g/mol. The molecule has 1 aliphatic rings. The van der Waals surface area contributed by atoms with Gasteiger partial charge < -0.3 is 10.4 Å². The van der Waals surface area contributed by atoms with Crippen LogP contribution in [0.5, 0.6) is 0 Å². The third-order valence-electron chi connectivity index (χ3n) is 4.93. The van der Waals surface area contributed by atoms with Gasteiger partial charge in [0.2, 0.25) is 0 Å². The quantitative estimate of drug-likeness (QED) is 0.852. The fourth-order valence-corrected chi connectivity index (χ4v) is 3.12. The first kappa shape index (κ1) is 15.5. The van der Waals surface area contributed by atoms with Gasteiger partial charge in [-0.25, -0.2) is 0 Å². The molecule has 2 N–H and O–H groups in total. The maximum Gasteiger partial charge on any atom is 0.0772 e. The predicted octanol–water partition coefficient (Wildman–Crippen LogP) is 3.98. The van der Waals surface area contributed by atoms with Gasteiger partial charge in [-0.3, -0.25) is 0 Å². The molecule has 1 aliphatic carbocycles. The van der Waals surface area contributed by atoms with E-state index in [1.807, 2.05) is 0 Å². The molecule has 1 unspecified atom stereocenters. The highest BCUT2D eigenvalue weighted by Crippen LogP contribution is 2.33. The van der Waals surface area contributed by atoms with Gasteiger partial charge >= 0.3 is 0 Å². The van der Waals surface area contributed by atoms with E-state index in [2.05, 4.69) is 50.4 Å². The van der Waals surface area contributed by atoms with Crippen molar-refractivity contribution in [1.29, 1.82) is 0 Å². The van der Waals surface area contributed by atoms with Crippen molar-refractivity contribution < 1.29 is 5.11 Å². The Hall–Kier alpha value is -0.860. The molecule has 2 rings (SSSR count). The third kappa shape index (κ3) is 4.07. The molecule has 0 heterocycles. The molecular weight excluding hydrogens is 246 g/mol. The fourth-order valence-electron chi connectivity index (χ4n) is 3.12. The summed E-state index contributed by atoms with van der Waals surface area (Å²) < 4.78 is 0. The van der Waals surface area contributed by atoms with Crippen LogP contribution in [0.4, 0.5) is 0 Å². The van der Waals surface area contributed by atoms with Crippen molar-refractivity contribution in [2.24, 2.45) is 5.92 Å². The number of aliphatic hydroxyl groups is 1. The van der Waals surface area contributed by atoms with E-state index in [9.17, 15) is 5.11 Å². The molecule has 20 heavy (non-hydrogen) atoms. The molecule has 2 heteroatoms. The Balaban J connectivity index is 1.84. The van der Waals surface area contributed by atoms with Crippen molar-refractivity contribution >= 4 is 0 Å². The van der Waals surface area contributed by atoms with Crippen molar-refractivity contribution in [3.8, 4) is 0 Å². The van der Waals surface area contributed by atoms with Gasteiger partial charge in [-0.05, 0) is 51.0 Å². The molecule has 0 radical (unpaired) electrons. The Bertz CT molecular complexity index is 404.